The van der Waals surface area contributed by atoms with E-state index in [2.05, 4.69) is 98.1 Å². The van der Waals surface area contributed by atoms with Gasteiger partial charge in [-0.3, -0.25) is 0 Å². The Kier molecular flexibility index (Phi) is 5.80. The van der Waals surface area contributed by atoms with Crippen LogP contribution in [0.25, 0.3) is 11.1 Å². The molecule has 0 spiro atoms. The van der Waals surface area contributed by atoms with E-state index in [1.54, 1.807) is 0 Å². The molecule has 26 heavy (non-hydrogen) atoms. The van der Waals surface area contributed by atoms with Gasteiger partial charge in [-0.1, -0.05) is 122 Å². The number of hydrogen-bond donors (Lipinski definition) is 0. The van der Waals surface area contributed by atoms with E-state index >= 15 is 0 Å². The monoisotopic (exact) mass is 334 g/mol. The van der Waals surface area contributed by atoms with Gasteiger partial charge in [0.25, 0.3) is 0 Å². The van der Waals surface area contributed by atoms with E-state index in [1.807, 2.05) is 24.3 Å². The van der Waals surface area contributed by atoms with Crippen LogP contribution in [-0.2, 0) is 0 Å². The summed E-state index contributed by atoms with van der Waals surface area (Å²) in [5.41, 5.74) is 7.05. The van der Waals surface area contributed by atoms with Crippen LogP contribution in [0.5, 0.6) is 0 Å². The molecule has 0 radical (unpaired) electrons. The summed E-state index contributed by atoms with van der Waals surface area (Å²) in [5.74, 6) is 0. The molecule has 0 heterocycles. The molecule has 0 aliphatic heterocycles. The summed E-state index contributed by atoms with van der Waals surface area (Å²) in [6.45, 7) is 7.73. The maximum atomic E-state index is 3.86. The quantitative estimate of drug-likeness (QED) is 0.429. The smallest absolute Gasteiger partial charge is 0.0112 e. The topological polar surface area (TPSA) is 0 Å². The Balaban J connectivity index is 1.99. The highest BCUT2D eigenvalue weighted by molar-refractivity contribution is 5.84. The van der Waals surface area contributed by atoms with Crippen molar-refractivity contribution in [1.29, 1.82) is 0 Å². The summed E-state index contributed by atoms with van der Waals surface area (Å²) in [7, 11) is 0. The molecule has 0 aliphatic carbocycles. The van der Waals surface area contributed by atoms with E-state index in [0.29, 0.717) is 0 Å². The van der Waals surface area contributed by atoms with Crippen molar-refractivity contribution in [2.75, 3.05) is 0 Å². The van der Waals surface area contributed by atoms with Crippen LogP contribution < -0.4 is 0 Å². The molecule has 0 saturated carbocycles. The Morgan fingerprint density at radius 1 is 0.462 bits per heavy atom. The number of allylic oxidation sites excluding steroid dienone is 4. The zero-order chi connectivity index (χ0) is 18.2. The maximum Gasteiger partial charge on any atom is -0.0112 e. The highest BCUT2D eigenvalue weighted by atomic mass is 14.1. The zero-order valence-electron chi connectivity index (χ0n) is 14.8. The lowest BCUT2D eigenvalue weighted by molar-refractivity contribution is 1.50. The Morgan fingerprint density at radius 2 is 0.769 bits per heavy atom. The van der Waals surface area contributed by atoms with Crippen LogP contribution in [0.2, 0.25) is 0 Å². The van der Waals surface area contributed by atoms with Crippen molar-refractivity contribution in [3.63, 3.8) is 0 Å². The first-order chi connectivity index (χ1) is 12.8. The minimum atomic E-state index is 1.17. The van der Waals surface area contributed by atoms with Gasteiger partial charge in [-0.25, -0.2) is 0 Å². The highest BCUT2D eigenvalue weighted by Gasteiger charge is 2.07. The summed E-state index contributed by atoms with van der Waals surface area (Å²) in [4.78, 5) is 0. The van der Waals surface area contributed by atoms with Crippen molar-refractivity contribution in [2.45, 2.75) is 0 Å². The van der Waals surface area contributed by atoms with E-state index in [9.17, 15) is 0 Å². The second-order valence-electron chi connectivity index (χ2n) is 5.94. The third kappa shape index (κ3) is 3.99. The molecule has 0 fully saturated rings. The fraction of sp³-hybridized carbons (Fsp3) is 0. The molecule has 0 amide bonds. The average Bonchev–Trinajstić information content (AvgIpc) is 2.72. The predicted octanol–water partition coefficient (Wildman–Crippen LogP) is 6.92. The fourth-order valence-electron chi connectivity index (χ4n) is 3.02. The highest BCUT2D eigenvalue weighted by Crippen LogP contribution is 2.28. The third-order valence-corrected chi connectivity index (χ3v) is 4.25. The van der Waals surface area contributed by atoms with Gasteiger partial charge < -0.3 is 0 Å². The molecular formula is C26H22. The Hall–Kier alpha value is -3.38. The van der Waals surface area contributed by atoms with Crippen molar-refractivity contribution in [1.82, 2.24) is 0 Å². The molecule has 0 aliphatic rings. The first-order valence-electron chi connectivity index (χ1n) is 8.70. The van der Waals surface area contributed by atoms with Gasteiger partial charge in [-0.05, 0) is 33.4 Å². The van der Waals surface area contributed by atoms with Gasteiger partial charge in [0, 0.05) is 0 Å². The van der Waals surface area contributed by atoms with Crippen molar-refractivity contribution in [2.24, 2.45) is 0 Å². The van der Waals surface area contributed by atoms with Gasteiger partial charge in [-0.2, -0.15) is 0 Å². The molecule has 3 aromatic rings. The van der Waals surface area contributed by atoms with Crippen molar-refractivity contribution in [3.8, 4) is 0 Å². The molecule has 0 N–H and O–H groups in total. The first kappa shape index (κ1) is 17.4. The SMILES string of the molecule is C=C/C=C(/c1ccccc1)c1ccc(/C(=C/C=C)c2ccccc2)cc1. The van der Waals surface area contributed by atoms with Crippen LogP contribution in [0.15, 0.2) is 122 Å². The molecule has 0 unspecified atom stereocenters. The molecule has 0 aromatic heterocycles. The Labute approximate surface area is 156 Å². The second kappa shape index (κ2) is 8.64. The van der Waals surface area contributed by atoms with E-state index in [-0.39, 0.29) is 0 Å². The van der Waals surface area contributed by atoms with Crippen LogP contribution in [0.4, 0.5) is 0 Å². The predicted molar refractivity (Wildman–Crippen MR) is 114 cm³/mol. The Morgan fingerprint density at radius 3 is 1.08 bits per heavy atom. The number of hydrogen-bond acceptors (Lipinski definition) is 0. The van der Waals surface area contributed by atoms with E-state index in [4.69, 9.17) is 0 Å². The summed E-state index contributed by atoms with van der Waals surface area (Å²) in [5, 5.41) is 0. The fourth-order valence-corrected chi connectivity index (χ4v) is 3.02. The molecule has 0 heteroatoms. The van der Waals surface area contributed by atoms with Crippen LogP contribution in [-0.4, -0.2) is 0 Å². The van der Waals surface area contributed by atoms with Crippen molar-refractivity contribution in [3.05, 3.63) is 145 Å². The minimum absolute atomic E-state index is 1.17. The van der Waals surface area contributed by atoms with Gasteiger partial charge in [-0.15, -0.1) is 0 Å². The van der Waals surface area contributed by atoms with Gasteiger partial charge in [0.15, 0.2) is 0 Å². The lowest BCUT2D eigenvalue weighted by Crippen LogP contribution is -1.91. The summed E-state index contributed by atoms with van der Waals surface area (Å²) >= 11 is 0. The molecule has 3 aromatic carbocycles. The molecule has 0 saturated heterocycles. The van der Waals surface area contributed by atoms with E-state index in [1.165, 1.54) is 33.4 Å². The second-order valence-corrected chi connectivity index (χ2v) is 5.94. The van der Waals surface area contributed by atoms with Gasteiger partial charge in [0.05, 0.1) is 0 Å². The number of benzene rings is 3. The molecule has 126 valence electrons. The molecule has 3 rings (SSSR count). The van der Waals surface area contributed by atoms with Crippen molar-refractivity contribution >= 4 is 11.1 Å². The lowest BCUT2D eigenvalue weighted by Gasteiger charge is -2.11. The largest absolute Gasteiger partial charge is 0.0990 e. The minimum Gasteiger partial charge on any atom is -0.0990 e. The Bertz CT molecular complexity index is 844. The number of rotatable bonds is 6. The summed E-state index contributed by atoms with van der Waals surface area (Å²) in [6.07, 6.45) is 7.79. The summed E-state index contributed by atoms with van der Waals surface area (Å²) < 4.78 is 0. The molecule has 0 bridgehead atoms. The van der Waals surface area contributed by atoms with Gasteiger partial charge in [0.1, 0.15) is 0 Å². The van der Waals surface area contributed by atoms with Crippen molar-refractivity contribution < 1.29 is 0 Å². The lowest BCUT2D eigenvalue weighted by atomic mass is 9.93. The van der Waals surface area contributed by atoms with Gasteiger partial charge in [0.2, 0.25) is 0 Å². The van der Waals surface area contributed by atoms with Crippen LogP contribution in [0.1, 0.15) is 22.3 Å². The van der Waals surface area contributed by atoms with Crippen LogP contribution in [0.3, 0.4) is 0 Å². The average molecular weight is 334 g/mol. The standard InChI is InChI=1S/C26H22/c1-3-11-25(21-13-7-5-8-14-21)23-17-19-24(20-18-23)26(12-4-2)22-15-9-6-10-16-22/h3-20H,1-2H2/b25-11-,26-12+. The van der Waals surface area contributed by atoms with E-state index < -0.39 is 0 Å². The van der Waals surface area contributed by atoms with Crippen LogP contribution >= 0.6 is 0 Å². The maximum absolute atomic E-state index is 3.86. The molecule has 0 atom stereocenters. The first-order valence-corrected chi connectivity index (χ1v) is 8.70. The third-order valence-electron chi connectivity index (χ3n) is 4.25. The summed E-state index contributed by atoms with van der Waals surface area (Å²) in [6, 6.07) is 29.4. The van der Waals surface area contributed by atoms with Crippen LogP contribution in [0, 0.1) is 0 Å². The normalized spacial score (nSPS) is 11.8. The molecule has 0 nitrogen and oxygen atoms in total. The van der Waals surface area contributed by atoms with E-state index in [0.717, 1.165) is 0 Å². The van der Waals surface area contributed by atoms with Gasteiger partial charge >= 0.3 is 0 Å². The zero-order valence-corrected chi connectivity index (χ0v) is 14.8. The molecular weight excluding hydrogens is 312 g/mol.